The van der Waals surface area contributed by atoms with Crippen LogP contribution in [0.1, 0.15) is 18.1 Å². The smallest absolute Gasteiger partial charge is 0.224 e. The molecule has 0 unspecified atom stereocenters. The molecule has 3 N–H and O–H groups in total. The Morgan fingerprint density at radius 2 is 1.94 bits per heavy atom. The van der Waals surface area contributed by atoms with Crippen LogP contribution < -0.4 is 11.1 Å². The van der Waals surface area contributed by atoms with Crippen LogP contribution in [0.25, 0.3) is 0 Å². The van der Waals surface area contributed by atoms with E-state index in [9.17, 15) is 4.79 Å². The van der Waals surface area contributed by atoms with Crippen LogP contribution in [0.2, 0.25) is 0 Å². The first-order chi connectivity index (χ1) is 7.11. The van der Waals surface area contributed by atoms with Crippen LogP contribution in [0.3, 0.4) is 0 Å². The van der Waals surface area contributed by atoms with Crippen molar-refractivity contribution in [3.05, 3.63) is 35.4 Å². The number of nitrogens with one attached hydrogen (secondary N) is 1. The average Bonchev–Trinajstić information content (AvgIpc) is 2.21. The number of hydrogen-bond donors (Lipinski definition) is 2. The van der Waals surface area contributed by atoms with Crippen molar-refractivity contribution in [2.75, 3.05) is 6.54 Å². The molecule has 16 heavy (non-hydrogen) atoms. The van der Waals surface area contributed by atoms with E-state index in [1.54, 1.807) is 0 Å². The highest BCUT2D eigenvalue weighted by Gasteiger charge is 2.06. The van der Waals surface area contributed by atoms with Crippen LogP contribution in [0.15, 0.2) is 24.3 Å². The minimum atomic E-state index is 0. The summed E-state index contributed by atoms with van der Waals surface area (Å²) in [4.78, 5) is 11.5. The fourth-order valence-corrected chi connectivity index (χ4v) is 1.28. The van der Waals surface area contributed by atoms with E-state index < -0.39 is 0 Å². The second-order valence-electron chi connectivity index (χ2n) is 3.87. The van der Waals surface area contributed by atoms with Crippen molar-refractivity contribution in [2.24, 2.45) is 5.73 Å². The van der Waals surface area contributed by atoms with Crippen molar-refractivity contribution >= 4 is 18.3 Å². The number of hydrogen-bond acceptors (Lipinski definition) is 2. The van der Waals surface area contributed by atoms with E-state index in [-0.39, 0.29) is 24.4 Å². The van der Waals surface area contributed by atoms with Gasteiger partial charge in [-0.05, 0) is 19.4 Å². The van der Waals surface area contributed by atoms with Crippen molar-refractivity contribution in [2.45, 2.75) is 26.3 Å². The van der Waals surface area contributed by atoms with Crippen molar-refractivity contribution in [1.82, 2.24) is 5.32 Å². The summed E-state index contributed by atoms with van der Waals surface area (Å²) in [6.45, 7) is 4.40. The van der Waals surface area contributed by atoms with Crippen LogP contribution >= 0.6 is 12.4 Å². The van der Waals surface area contributed by atoms with Crippen molar-refractivity contribution in [3.8, 4) is 0 Å². The van der Waals surface area contributed by atoms with Crippen LogP contribution in [-0.4, -0.2) is 18.5 Å². The fourth-order valence-electron chi connectivity index (χ4n) is 1.28. The van der Waals surface area contributed by atoms with Gasteiger partial charge in [-0.15, -0.1) is 12.4 Å². The molecule has 0 aliphatic carbocycles. The zero-order valence-electron chi connectivity index (χ0n) is 9.69. The van der Waals surface area contributed by atoms with Crippen LogP contribution in [0, 0.1) is 6.92 Å². The lowest BCUT2D eigenvalue weighted by molar-refractivity contribution is -0.120. The Labute approximate surface area is 103 Å². The maximum atomic E-state index is 11.5. The predicted molar refractivity (Wildman–Crippen MR) is 68.8 cm³/mol. The van der Waals surface area contributed by atoms with Gasteiger partial charge in [-0.25, -0.2) is 0 Å². The summed E-state index contributed by atoms with van der Waals surface area (Å²) >= 11 is 0. The highest BCUT2D eigenvalue weighted by atomic mass is 35.5. The highest BCUT2D eigenvalue weighted by Crippen LogP contribution is 2.03. The van der Waals surface area contributed by atoms with Crippen molar-refractivity contribution < 1.29 is 4.79 Å². The van der Waals surface area contributed by atoms with Crippen LogP contribution in [0.4, 0.5) is 0 Å². The fraction of sp³-hybridized carbons (Fsp3) is 0.417. The summed E-state index contributed by atoms with van der Waals surface area (Å²) < 4.78 is 0. The van der Waals surface area contributed by atoms with E-state index in [0.717, 1.165) is 5.56 Å². The third-order valence-electron chi connectivity index (χ3n) is 2.25. The van der Waals surface area contributed by atoms with Gasteiger partial charge in [0.15, 0.2) is 0 Å². The molecule has 90 valence electrons. The van der Waals surface area contributed by atoms with Gasteiger partial charge in [0.05, 0.1) is 6.42 Å². The molecule has 1 atom stereocenters. The molecule has 1 rings (SSSR count). The molecular formula is C12H19ClN2O. The van der Waals surface area contributed by atoms with Gasteiger partial charge in [0.1, 0.15) is 0 Å². The average molecular weight is 243 g/mol. The number of halogens is 1. The second kappa shape index (κ2) is 7.25. The molecule has 0 fully saturated rings. The molecule has 0 aliphatic rings. The summed E-state index contributed by atoms with van der Waals surface area (Å²) in [6.07, 6.45) is 0.421. The third-order valence-corrected chi connectivity index (χ3v) is 2.25. The molecule has 4 heteroatoms. The number of rotatable bonds is 4. The standard InChI is InChI=1S/C12H18N2O.ClH/c1-9-3-5-11(6-4-9)7-12(15)14-10(2)8-13;/h3-6,10H,7-8,13H2,1-2H3,(H,14,15);1H/t10-;/m0./s1. The normalized spacial score (nSPS) is 11.4. The maximum absolute atomic E-state index is 11.5. The molecule has 1 amide bonds. The first-order valence-electron chi connectivity index (χ1n) is 5.17. The minimum absolute atomic E-state index is 0. The molecule has 3 nitrogen and oxygen atoms in total. The van der Waals surface area contributed by atoms with Gasteiger partial charge in [0, 0.05) is 12.6 Å². The predicted octanol–water partition coefficient (Wildman–Crippen LogP) is 1.42. The Balaban J connectivity index is 0.00000225. The van der Waals surface area contributed by atoms with E-state index >= 15 is 0 Å². The zero-order valence-corrected chi connectivity index (χ0v) is 10.5. The maximum Gasteiger partial charge on any atom is 0.224 e. The zero-order chi connectivity index (χ0) is 11.3. The van der Waals surface area contributed by atoms with Gasteiger partial charge < -0.3 is 11.1 Å². The quantitative estimate of drug-likeness (QED) is 0.839. The van der Waals surface area contributed by atoms with Crippen LogP contribution in [-0.2, 0) is 11.2 Å². The Kier molecular flexibility index (Phi) is 6.77. The van der Waals surface area contributed by atoms with Gasteiger partial charge in [-0.2, -0.15) is 0 Å². The van der Waals surface area contributed by atoms with Crippen molar-refractivity contribution in [1.29, 1.82) is 0 Å². The molecule has 0 radical (unpaired) electrons. The van der Waals surface area contributed by atoms with E-state index in [2.05, 4.69) is 5.32 Å². The number of carbonyl (C=O) groups is 1. The number of aryl methyl sites for hydroxylation is 1. The topological polar surface area (TPSA) is 55.1 Å². The molecule has 0 saturated carbocycles. The number of nitrogens with two attached hydrogens (primary N) is 1. The highest BCUT2D eigenvalue weighted by molar-refractivity contribution is 5.85. The molecular weight excluding hydrogens is 224 g/mol. The van der Waals surface area contributed by atoms with Crippen molar-refractivity contribution in [3.63, 3.8) is 0 Å². The van der Waals surface area contributed by atoms with Gasteiger partial charge >= 0.3 is 0 Å². The number of amides is 1. The Bertz CT molecular complexity index is 324. The largest absolute Gasteiger partial charge is 0.352 e. The van der Waals surface area contributed by atoms with Gasteiger partial charge in [0.2, 0.25) is 5.91 Å². The number of benzene rings is 1. The van der Waals surface area contributed by atoms with Gasteiger partial charge in [-0.3, -0.25) is 4.79 Å². The summed E-state index contributed by atoms with van der Waals surface area (Å²) in [5.41, 5.74) is 7.65. The molecule has 0 spiro atoms. The monoisotopic (exact) mass is 242 g/mol. The van der Waals surface area contributed by atoms with Crippen LogP contribution in [0.5, 0.6) is 0 Å². The molecule has 0 aliphatic heterocycles. The SMILES string of the molecule is Cc1ccc(CC(=O)N[C@@H](C)CN)cc1.Cl. The molecule has 1 aromatic carbocycles. The summed E-state index contributed by atoms with van der Waals surface area (Å²) in [6, 6.07) is 8.01. The van der Waals surface area contributed by atoms with E-state index in [0.29, 0.717) is 13.0 Å². The Morgan fingerprint density at radius 1 is 1.38 bits per heavy atom. The summed E-state index contributed by atoms with van der Waals surface area (Å²) in [7, 11) is 0. The summed E-state index contributed by atoms with van der Waals surface area (Å²) in [5.74, 6) is 0.0248. The van der Waals surface area contributed by atoms with Gasteiger partial charge in [-0.1, -0.05) is 29.8 Å². The third kappa shape index (κ3) is 5.14. The first kappa shape index (κ1) is 14.9. The molecule has 0 saturated heterocycles. The van der Waals surface area contributed by atoms with Gasteiger partial charge in [0.25, 0.3) is 0 Å². The van der Waals surface area contributed by atoms with E-state index in [1.807, 2.05) is 38.1 Å². The number of carbonyl (C=O) groups excluding carboxylic acids is 1. The molecule has 0 bridgehead atoms. The molecule has 1 aromatic rings. The van der Waals surface area contributed by atoms with E-state index in [1.165, 1.54) is 5.56 Å². The summed E-state index contributed by atoms with van der Waals surface area (Å²) in [5, 5.41) is 2.83. The second-order valence-corrected chi connectivity index (χ2v) is 3.87. The lowest BCUT2D eigenvalue weighted by Crippen LogP contribution is -2.38. The minimum Gasteiger partial charge on any atom is -0.352 e. The lowest BCUT2D eigenvalue weighted by atomic mass is 10.1. The molecule has 0 aromatic heterocycles. The first-order valence-corrected chi connectivity index (χ1v) is 5.17. The lowest BCUT2D eigenvalue weighted by Gasteiger charge is -2.11. The Hall–Kier alpha value is -1.06. The molecule has 0 heterocycles. The Morgan fingerprint density at radius 3 is 2.44 bits per heavy atom. The van der Waals surface area contributed by atoms with E-state index in [4.69, 9.17) is 5.73 Å².